The van der Waals surface area contributed by atoms with Gasteiger partial charge in [-0.2, -0.15) is 13.2 Å². The summed E-state index contributed by atoms with van der Waals surface area (Å²) in [5.41, 5.74) is -0.331. The molecular weight excluding hydrogens is 476 g/mol. The van der Waals surface area contributed by atoms with Crippen molar-refractivity contribution >= 4 is 46.6 Å². The molecule has 0 aliphatic carbocycles. The lowest BCUT2D eigenvalue weighted by atomic mass is 10.2. The van der Waals surface area contributed by atoms with Gasteiger partial charge in [-0.1, -0.05) is 41.0 Å². The van der Waals surface area contributed by atoms with E-state index in [1.807, 2.05) is 0 Å². The molecule has 0 bridgehead atoms. The number of carbonyl (C=O) groups excluding carboxylic acids is 1. The lowest BCUT2D eigenvalue weighted by molar-refractivity contribution is -0.137. The zero-order valence-electron chi connectivity index (χ0n) is 15.9. The number of nitrogens with one attached hydrogen (secondary N) is 1. The van der Waals surface area contributed by atoms with Crippen LogP contribution in [0.3, 0.4) is 0 Å². The lowest BCUT2D eigenvalue weighted by Crippen LogP contribution is -2.14. The number of nitrogens with zero attached hydrogens (tertiary/aromatic N) is 3. The number of halogens is 5. The monoisotopic (exact) mass is 490 g/mol. The van der Waals surface area contributed by atoms with Gasteiger partial charge in [-0.25, -0.2) is 0 Å². The Hall–Kier alpha value is -2.43. The molecule has 0 aliphatic rings. The average Bonchev–Trinajstić information content (AvgIpc) is 3.03. The van der Waals surface area contributed by atoms with E-state index in [1.54, 1.807) is 29.8 Å². The highest BCUT2D eigenvalue weighted by Gasteiger charge is 2.30. The van der Waals surface area contributed by atoms with Crippen LogP contribution in [-0.4, -0.2) is 26.4 Å². The molecule has 0 radical (unpaired) electrons. The summed E-state index contributed by atoms with van der Waals surface area (Å²) in [6, 6.07) is 9.26. The number of alkyl halides is 3. The molecule has 3 rings (SSSR count). The van der Waals surface area contributed by atoms with E-state index in [9.17, 15) is 18.0 Å². The van der Waals surface area contributed by atoms with Crippen molar-refractivity contribution in [2.45, 2.75) is 17.9 Å². The third-order valence-electron chi connectivity index (χ3n) is 3.93. The van der Waals surface area contributed by atoms with Gasteiger partial charge in [-0.05, 0) is 36.4 Å². The molecule has 0 unspecified atom stereocenters. The maximum Gasteiger partial charge on any atom is 0.416 e. The molecule has 1 amide bonds. The SMILES string of the molecule is Cn1c(COc2cccc(C(F)(F)F)c2)nnc1SCC(=O)Nc1cc(Cl)cc(Cl)c1. The minimum atomic E-state index is -4.45. The van der Waals surface area contributed by atoms with Crippen molar-refractivity contribution in [3.05, 3.63) is 63.9 Å². The van der Waals surface area contributed by atoms with Crippen molar-refractivity contribution in [2.75, 3.05) is 11.1 Å². The van der Waals surface area contributed by atoms with Gasteiger partial charge < -0.3 is 14.6 Å². The number of rotatable bonds is 7. The second-order valence-electron chi connectivity index (χ2n) is 6.27. The van der Waals surface area contributed by atoms with Gasteiger partial charge >= 0.3 is 6.18 Å². The zero-order valence-corrected chi connectivity index (χ0v) is 18.2. The molecule has 1 aromatic heterocycles. The van der Waals surface area contributed by atoms with Gasteiger partial charge in [0, 0.05) is 22.8 Å². The topological polar surface area (TPSA) is 69.0 Å². The highest BCUT2D eigenvalue weighted by atomic mass is 35.5. The standard InChI is InChI=1S/C19H15Cl2F3N4O2S/c1-28-16(9-30-15-4-2-3-11(5-15)19(22,23)24)26-27-18(28)31-10-17(29)25-14-7-12(20)6-13(21)8-14/h2-8H,9-10H2,1H3,(H,25,29). The zero-order chi connectivity index (χ0) is 22.6. The summed E-state index contributed by atoms with van der Waals surface area (Å²) in [5, 5.41) is 11.9. The summed E-state index contributed by atoms with van der Waals surface area (Å²) >= 11 is 12.9. The van der Waals surface area contributed by atoms with Crippen molar-refractivity contribution in [3.63, 3.8) is 0 Å². The molecule has 0 saturated carbocycles. The number of benzene rings is 2. The summed E-state index contributed by atoms with van der Waals surface area (Å²) in [4.78, 5) is 12.2. The predicted molar refractivity (Wildman–Crippen MR) is 113 cm³/mol. The molecule has 0 fully saturated rings. The van der Waals surface area contributed by atoms with Crippen molar-refractivity contribution in [2.24, 2.45) is 7.05 Å². The molecule has 0 atom stereocenters. The third-order valence-corrected chi connectivity index (χ3v) is 5.39. The second-order valence-corrected chi connectivity index (χ2v) is 8.08. The fraction of sp³-hybridized carbons (Fsp3) is 0.211. The van der Waals surface area contributed by atoms with Gasteiger partial charge in [0.25, 0.3) is 0 Å². The fourth-order valence-electron chi connectivity index (χ4n) is 2.46. The molecule has 0 saturated heterocycles. The molecular formula is C19H15Cl2F3N4O2S. The fourth-order valence-corrected chi connectivity index (χ4v) is 3.72. The minimum absolute atomic E-state index is 0.0462. The van der Waals surface area contributed by atoms with Gasteiger partial charge in [0.2, 0.25) is 5.91 Å². The Labute approximate surface area is 189 Å². The Balaban J connectivity index is 1.56. The van der Waals surface area contributed by atoms with Crippen LogP contribution in [0.1, 0.15) is 11.4 Å². The number of ether oxygens (including phenoxy) is 1. The number of carbonyl (C=O) groups is 1. The minimum Gasteiger partial charge on any atom is -0.486 e. The molecule has 164 valence electrons. The Bertz CT molecular complexity index is 1070. The van der Waals surface area contributed by atoms with Gasteiger partial charge in [-0.15, -0.1) is 10.2 Å². The molecule has 1 heterocycles. The van der Waals surface area contributed by atoms with Crippen LogP contribution < -0.4 is 10.1 Å². The molecule has 12 heteroatoms. The predicted octanol–water partition coefficient (Wildman–Crippen LogP) is 5.45. The van der Waals surface area contributed by atoms with Gasteiger partial charge in [-0.3, -0.25) is 4.79 Å². The third kappa shape index (κ3) is 6.52. The quantitative estimate of drug-likeness (QED) is 0.446. The largest absolute Gasteiger partial charge is 0.486 e. The first-order valence-corrected chi connectivity index (χ1v) is 10.4. The van der Waals surface area contributed by atoms with Crippen LogP contribution in [0, 0.1) is 0 Å². The first-order chi connectivity index (χ1) is 14.6. The smallest absolute Gasteiger partial charge is 0.416 e. The van der Waals surface area contributed by atoms with Gasteiger partial charge in [0.1, 0.15) is 12.4 Å². The van der Waals surface area contributed by atoms with E-state index in [-0.39, 0.29) is 24.0 Å². The molecule has 6 nitrogen and oxygen atoms in total. The first kappa shape index (κ1) is 23.2. The van der Waals surface area contributed by atoms with Gasteiger partial charge in [0.15, 0.2) is 11.0 Å². The highest BCUT2D eigenvalue weighted by Crippen LogP contribution is 2.31. The first-order valence-electron chi connectivity index (χ1n) is 8.69. The second kappa shape index (κ2) is 9.80. The van der Waals surface area contributed by atoms with Crippen molar-refractivity contribution in [1.29, 1.82) is 0 Å². The van der Waals surface area contributed by atoms with E-state index in [4.69, 9.17) is 27.9 Å². The van der Waals surface area contributed by atoms with E-state index in [2.05, 4.69) is 15.5 Å². The van der Waals surface area contributed by atoms with Gasteiger partial charge in [0.05, 0.1) is 11.3 Å². The summed E-state index contributed by atoms with van der Waals surface area (Å²) in [7, 11) is 1.67. The molecule has 2 aromatic carbocycles. The number of thioether (sulfide) groups is 1. The van der Waals surface area contributed by atoms with Crippen molar-refractivity contribution in [1.82, 2.24) is 14.8 Å². The van der Waals surface area contributed by atoms with E-state index in [0.29, 0.717) is 26.7 Å². The van der Waals surface area contributed by atoms with Crippen molar-refractivity contribution < 1.29 is 22.7 Å². The molecule has 0 spiro atoms. The Morgan fingerprint density at radius 2 is 1.87 bits per heavy atom. The molecule has 1 N–H and O–H groups in total. The van der Waals surface area contributed by atoms with Crippen LogP contribution in [0.5, 0.6) is 5.75 Å². The normalized spacial score (nSPS) is 11.4. The maximum atomic E-state index is 12.8. The van der Waals surface area contributed by atoms with Crippen molar-refractivity contribution in [3.8, 4) is 5.75 Å². The maximum absolute atomic E-state index is 12.8. The molecule has 3 aromatic rings. The van der Waals surface area contributed by atoms with E-state index >= 15 is 0 Å². The average molecular weight is 491 g/mol. The van der Waals surface area contributed by atoms with E-state index < -0.39 is 11.7 Å². The summed E-state index contributed by atoms with van der Waals surface area (Å²) in [6.07, 6.45) is -4.45. The van der Waals surface area contributed by atoms with Crippen LogP contribution in [0.2, 0.25) is 10.0 Å². The molecule has 0 aliphatic heterocycles. The lowest BCUT2D eigenvalue weighted by Gasteiger charge is -2.10. The van der Waals surface area contributed by atoms with E-state index in [0.717, 1.165) is 23.9 Å². The summed E-state index contributed by atoms with van der Waals surface area (Å²) in [6.45, 7) is -0.0847. The van der Waals surface area contributed by atoms with Crippen LogP contribution >= 0.6 is 35.0 Å². The number of anilines is 1. The van der Waals surface area contributed by atoms with Crippen LogP contribution in [0.15, 0.2) is 47.6 Å². The summed E-state index contributed by atoms with van der Waals surface area (Å²) in [5.74, 6) is 0.201. The number of aromatic nitrogens is 3. The van der Waals surface area contributed by atoms with Crippen LogP contribution in [-0.2, 0) is 24.6 Å². The molecule has 31 heavy (non-hydrogen) atoms. The Morgan fingerprint density at radius 3 is 2.55 bits per heavy atom. The number of hydrogen-bond acceptors (Lipinski definition) is 5. The number of amides is 1. The number of hydrogen-bond donors (Lipinski definition) is 1. The summed E-state index contributed by atoms with van der Waals surface area (Å²) < 4.78 is 45.4. The Morgan fingerprint density at radius 1 is 1.16 bits per heavy atom. The van der Waals surface area contributed by atoms with Crippen LogP contribution in [0.25, 0.3) is 0 Å². The van der Waals surface area contributed by atoms with Crippen LogP contribution in [0.4, 0.5) is 18.9 Å². The highest BCUT2D eigenvalue weighted by molar-refractivity contribution is 7.99. The van der Waals surface area contributed by atoms with E-state index in [1.165, 1.54) is 12.1 Å². The Kier molecular flexibility index (Phi) is 7.34.